The molecule has 1 saturated carbocycles. The third-order valence-corrected chi connectivity index (χ3v) is 4.29. The molecule has 1 amide bonds. The normalized spacial score (nSPS) is 29.6. The molecule has 0 aromatic carbocycles. The maximum Gasteiger partial charge on any atom is 0.433 e. The lowest BCUT2D eigenvalue weighted by Gasteiger charge is -2.15. The zero-order valence-electron chi connectivity index (χ0n) is 11.7. The fourth-order valence-corrected chi connectivity index (χ4v) is 2.84. The lowest BCUT2D eigenvalue weighted by Crippen LogP contribution is -2.38. The molecule has 2 aliphatic rings. The fourth-order valence-electron chi connectivity index (χ4n) is 2.84. The van der Waals surface area contributed by atoms with Gasteiger partial charge in [-0.3, -0.25) is 4.79 Å². The summed E-state index contributed by atoms with van der Waals surface area (Å²) in [6, 6.07) is 3.28. The Morgan fingerprint density at radius 1 is 1.50 bits per heavy atom. The third kappa shape index (κ3) is 2.52. The van der Waals surface area contributed by atoms with Crippen LogP contribution < -0.4 is 10.6 Å². The van der Waals surface area contributed by atoms with Crippen LogP contribution in [-0.2, 0) is 11.0 Å². The van der Waals surface area contributed by atoms with Crippen molar-refractivity contribution >= 4 is 11.7 Å². The van der Waals surface area contributed by atoms with E-state index in [-0.39, 0.29) is 22.8 Å². The lowest BCUT2D eigenvalue weighted by molar-refractivity contribution is -0.141. The molecule has 8 heteroatoms. The van der Waals surface area contributed by atoms with Crippen LogP contribution in [0.2, 0.25) is 0 Å². The molecule has 1 aliphatic carbocycles. The smallest absolute Gasteiger partial charge is 0.308 e. The van der Waals surface area contributed by atoms with Crippen molar-refractivity contribution in [2.75, 3.05) is 5.32 Å². The van der Waals surface area contributed by atoms with Gasteiger partial charge in [-0.15, -0.1) is 0 Å². The third-order valence-electron chi connectivity index (χ3n) is 4.29. The van der Waals surface area contributed by atoms with E-state index >= 15 is 0 Å². The summed E-state index contributed by atoms with van der Waals surface area (Å²) >= 11 is 0. The van der Waals surface area contributed by atoms with E-state index in [1.54, 1.807) is 6.07 Å². The minimum absolute atomic E-state index is 0.0985. The number of anilines is 1. The zero-order valence-corrected chi connectivity index (χ0v) is 11.7. The SMILES string of the molecule is C[C@@]12C[C@@H](C(=O)Nc3nc(C(F)(F)F)ccc3C#N)N[C@@H]1C2. The molecule has 1 aromatic heterocycles. The summed E-state index contributed by atoms with van der Waals surface area (Å²) in [4.78, 5) is 15.5. The highest BCUT2D eigenvalue weighted by Gasteiger charge is 2.58. The van der Waals surface area contributed by atoms with Crippen LogP contribution in [0, 0.1) is 16.7 Å². The van der Waals surface area contributed by atoms with Crippen LogP contribution in [0.4, 0.5) is 19.0 Å². The van der Waals surface area contributed by atoms with Gasteiger partial charge in [0.15, 0.2) is 5.82 Å². The summed E-state index contributed by atoms with van der Waals surface area (Å²) < 4.78 is 38.0. The molecule has 0 spiro atoms. The number of alkyl halides is 3. The number of hydrogen-bond acceptors (Lipinski definition) is 4. The number of rotatable bonds is 2. The second-order valence-corrected chi connectivity index (χ2v) is 6.03. The van der Waals surface area contributed by atoms with E-state index in [0.29, 0.717) is 6.42 Å². The minimum Gasteiger partial charge on any atom is -0.308 e. The maximum atomic E-state index is 12.7. The van der Waals surface area contributed by atoms with Crippen molar-refractivity contribution in [2.24, 2.45) is 5.41 Å². The van der Waals surface area contributed by atoms with Gasteiger partial charge in [0, 0.05) is 6.04 Å². The highest BCUT2D eigenvalue weighted by molar-refractivity contribution is 5.95. The molecule has 2 fully saturated rings. The number of amides is 1. The molecule has 1 aromatic rings. The second kappa shape index (κ2) is 4.68. The number of fused-ring (bicyclic) bond motifs is 1. The van der Waals surface area contributed by atoms with Crippen molar-refractivity contribution < 1.29 is 18.0 Å². The number of hydrogen-bond donors (Lipinski definition) is 2. The molecule has 1 saturated heterocycles. The largest absolute Gasteiger partial charge is 0.433 e. The Hall–Kier alpha value is -2.14. The standard InChI is InChI=1S/C14H13F3N4O/c1-13-4-8(19-10(13)5-13)12(22)21-11-7(6-18)2-3-9(20-11)14(15,16)17/h2-3,8,10,19H,4-5H2,1H3,(H,20,21,22)/t8-,10+,13-/m0/s1. The van der Waals surface area contributed by atoms with Gasteiger partial charge in [-0.1, -0.05) is 6.92 Å². The number of halogens is 3. The molecule has 0 unspecified atom stereocenters. The minimum atomic E-state index is -4.63. The molecule has 2 heterocycles. The number of piperidine rings is 1. The van der Waals surface area contributed by atoms with Crippen LogP contribution in [0.1, 0.15) is 31.0 Å². The first-order valence-electron chi connectivity index (χ1n) is 6.78. The summed E-state index contributed by atoms with van der Waals surface area (Å²) in [5.74, 6) is -0.813. The molecule has 3 atom stereocenters. The van der Waals surface area contributed by atoms with Gasteiger partial charge < -0.3 is 10.6 Å². The first-order valence-corrected chi connectivity index (χ1v) is 6.78. The van der Waals surface area contributed by atoms with E-state index in [0.717, 1.165) is 18.6 Å². The van der Waals surface area contributed by atoms with Gasteiger partial charge in [0.1, 0.15) is 11.8 Å². The number of carbonyl (C=O) groups excluding carboxylic acids is 1. The van der Waals surface area contributed by atoms with Crippen LogP contribution in [-0.4, -0.2) is 23.0 Å². The Kier molecular flexibility index (Phi) is 3.14. The predicted molar refractivity (Wildman–Crippen MR) is 70.6 cm³/mol. The molecule has 3 rings (SSSR count). The van der Waals surface area contributed by atoms with E-state index in [4.69, 9.17) is 5.26 Å². The Balaban J connectivity index is 1.79. The number of aromatic nitrogens is 1. The van der Waals surface area contributed by atoms with Crippen LogP contribution in [0.3, 0.4) is 0 Å². The van der Waals surface area contributed by atoms with Crippen molar-refractivity contribution in [2.45, 2.75) is 38.0 Å². The Morgan fingerprint density at radius 3 is 2.77 bits per heavy atom. The predicted octanol–water partition coefficient (Wildman–Crippen LogP) is 2.05. The molecule has 2 N–H and O–H groups in total. The van der Waals surface area contributed by atoms with E-state index in [1.807, 2.05) is 0 Å². The van der Waals surface area contributed by atoms with Gasteiger partial charge in [-0.25, -0.2) is 4.98 Å². The zero-order chi connectivity index (χ0) is 16.1. The summed E-state index contributed by atoms with van der Waals surface area (Å²) in [6.45, 7) is 2.06. The van der Waals surface area contributed by atoms with Crippen LogP contribution in [0.5, 0.6) is 0 Å². The van der Waals surface area contributed by atoms with Gasteiger partial charge >= 0.3 is 6.18 Å². The topological polar surface area (TPSA) is 77.8 Å². The van der Waals surface area contributed by atoms with Crippen molar-refractivity contribution in [3.63, 3.8) is 0 Å². The second-order valence-electron chi connectivity index (χ2n) is 6.03. The molecule has 22 heavy (non-hydrogen) atoms. The van der Waals surface area contributed by atoms with Gasteiger partial charge in [-0.2, -0.15) is 18.4 Å². The molecular formula is C14H13F3N4O. The highest BCUT2D eigenvalue weighted by atomic mass is 19.4. The summed E-state index contributed by atoms with van der Waals surface area (Å²) in [7, 11) is 0. The molecule has 1 aliphatic heterocycles. The number of pyridine rings is 1. The number of nitrogens with one attached hydrogen (secondary N) is 2. The average Bonchev–Trinajstić information content (AvgIpc) is 2.95. The molecule has 116 valence electrons. The lowest BCUT2D eigenvalue weighted by atomic mass is 10.0. The van der Waals surface area contributed by atoms with Gasteiger partial charge in [0.25, 0.3) is 0 Å². The Morgan fingerprint density at radius 2 is 2.23 bits per heavy atom. The first kappa shape index (κ1) is 14.8. The molecule has 0 radical (unpaired) electrons. The maximum absolute atomic E-state index is 12.7. The van der Waals surface area contributed by atoms with E-state index in [2.05, 4.69) is 22.5 Å². The first-order chi connectivity index (χ1) is 10.2. The monoisotopic (exact) mass is 310 g/mol. The average molecular weight is 310 g/mol. The molecule has 0 bridgehead atoms. The van der Waals surface area contributed by atoms with Gasteiger partial charge in [0.05, 0.1) is 11.6 Å². The Labute approximate surface area is 124 Å². The van der Waals surface area contributed by atoms with Gasteiger partial charge in [-0.05, 0) is 30.4 Å². The van der Waals surface area contributed by atoms with E-state index < -0.39 is 23.8 Å². The van der Waals surface area contributed by atoms with Crippen LogP contribution in [0.25, 0.3) is 0 Å². The summed E-state index contributed by atoms with van der Waals surface area (Å²) in [5.41, 5.74) is -1.15. The molecular weight excluding hydrogens is 297 g/mol. The Bertz CT molecular complexity index is 682. The summed E-state index contributed by atoms with van der Waals surface area (Å²) in [5, 5.41) is 14.4. The van der Waals surface area contributed by atoms with Gasteiger partial charge in [0.2, 0.25) is 5.91 Å². The van der Waals surface area contributed by atoms with Crippen molar-refractivity contribution in [1.29, 1.82) is 5.26 Å². The number of nitrogens with zero attached hydrogens (tertiary/aromatic N) is 2. The quantitative estimate of drug-likeness (QED) is 0.876. The summed E-state index contributed by atoms with van der Waals surface area (Å²) in [6.07, 6.45) is -3.00. The van der Waals surface area contributed by atoms with E-state index in [9.17, 15) is 18.0 Å². The van der Waals surface area contributed by atoms with Crippen LogP contribution >= 0.6 is 0 Å². The van der Waals surface area contributed by atoms with Crippen molar-refractivity contribution in [3.05, 3.63) is 23.4 Å². The number of carbonyl (C=O) groups is 1. The van der Waals surface area contributed by atoms with Crippen molar-refractivity contribution in [3.8, 4) is 6.07 Å². The van der Waals surface area contributed by atoms with E-state index in [1.165, 1.54) is 0 Å². The molecule has 5 nitrogen and oxygen atoms in total. The number of nitriles is 1. The fraction of sp³-hybridized carbons (Fsp3) is 0.500. The van der Waals surface area contributed by atoms with Crippen molar-refractivity contribution in [1.82, 2.24) is 10.3 Å². The van der Waals surface area contributed by atoms with Crippen LogP contribution in [0.15, 0.2) is 12.1 Å². The highest BCUT2D eigenvalue weighted by Crippen LogP contribution is 2.53.